The molecular weight excluding hydrogens is 202 g/mol. The summed E-state index contributed by atoms with van der Waals surface area (Å²) in [5, 5.41) is 8.87. The van der Waals surface area contributed by atoms with E-state index in [1.807, 2.05) is 12.4 Å². The van der Waals surface area contributed by atoms with Crippen LogP contribution in [0.4, 0.5) is 5.69 Å². The van der Waals surface area contributed by atoms with E-state index in [1.54, 1.807) is 0 Å². The first-order valence-corrected chi connectivity index (χ1v) is 5.79. The van der Waals surface area contributed by atoms with E-state index >= 15 is 0 Å². The Morgan fingerprint density at radius 3 is 2.62 bits per heavy atom. The molecule has 1 aromatic rings. The standard InChI is InChI=1S/C12H19N3O/c1-11-8-12(10-13-9-11)15-4-2-14(3-5-15)6-7-16/h8-10,16H,2-7H2,1H3. The van der Waals surface area contributed by atoms with Gasteiger partial charge in [0, 0.05) is 38.9 Å². The summed E-state index contributed by atoms with van der Waals surface area (Å²) in [5.74, 6) is 0. The SMILES string of the molecule is Cc1cncc(N2CCN(CCO)CC2)c1. The predicted molar refractivity (Wildman–Crippen MR) is 64.7 cm³/mol. The number of hydrogen-bond acceptors (Lipinski definition) is 4. The van der Waals surface area contributed by atoms with E-state index in [9.17, 15) is 0 Å². The molecule has 0 amide bonds. The van der Waals surface area contributed by atoms with Gasteiger partial charge in [0.25, 0.3) is 0 Å². The predicted octanol–water partition coefficient (Wildman–Crippen LogP) is 0.504. The second kappa shape index (κ2) is 5.27. The molecule has 88 valence electrons. The van der Waals surface area contributed by atoms with Crippen molar-refractivity contribution in [2.75, 3.05) is 44.2 Å². The number of anilines is 1. The highest BCUT2D eigenvalue weighted by Gasteiger charge is 2.16. The minimum Gasteiger partial charge on any atom is -0.395 e. The van der Waals surface area contributed by atoms with Gasteiger partial charge in [-0.25, -0.2) is 0 Å². The maximum Gasteiger partial charge on any atom is 0.0558 e. The molecule has 0 bridgehead atoms. The molecule has 4 heteroatoms. The molecule has 1 saturated heterocycles. The third kappa shape index (κ3) is 2.71. The Labute approximate surface area is 96.5 Å². The summed E-state index contributed by atoms with van der Waals surface area (Å²) in [6, 6.07) is 2.18. The van der Waals surface area contributed by atoms with Gasteiger partial charge in [0.2, 0.25) is 0 Å². The molecule has 1 aliphatic heterocycles. The third-order valence-electron chi connectivity index (χ3n) is 3.01. The molecule has 0 aliphatic carbocycles. The van der Waals surface area contributed by atoms with Gasteiger partial charge in [-0.1, -0.05) is 0 Å². The van der Waals surface area contributed by atoms with Crippen LogP contribution in [0, 0.1) is 6.92 Å². The molecule has 1 fully saturated rings. The molecule has 2 rings (SSSR count). The summed E-state index contributed by atoms with van der Waals surface area (Å²) < 4.78 is 0. The van der Waals surface area contributed by atoms with Gasteiger partial charge < -0.3 is 10.0 Å². The second-order valence-electron chi connectivity index (χ2n) is 4.27. The van der Waals surface area contributed by atoms with E-state index in [0.29, 0.717) is 0 Å². The van der Waals surface area contributed by atoms with Crippen LogP contribution in [0.2, 0.25) is 0 Å². The van der Waals surface area contributed by atoms with Crippen molar-refractivity contribution in [3.05, 3.63) is 24.0 Å². The zero-order valence-electron chi connectivity index (χ0n) is 9.76. The van der Waals surface area contributed by atoms with E-state index < -0.39 is 0 Å². The van der Waals surface area contributed by atoms with E-state index in [1.165, 1.54) is 11.3 Å². The molecule has 0 atom stereocenters. The summed E-state index contributed by atoms with van der Waals surface area (Å²) >= 11 is 0. The summed E-state index contributed by atoms with van der Waals surface area (Å²) in [6.45, 7) is 7.20. The van der Waals surface area contributed by atoms with Crippen molar-refractivity contribution in [3.8, 4) is 0 Å². The van der Waals surface area contributed by atoms with Crippen molar-refractivity contribution in [1.29, 1.82) is 0 Å². The smallest absolute Gasteiger partial charge is 0.0558 e. The Hall–Kier alpha value is -1.13. The zero-order valence-corrected chi connectivity index (χ0v) is 9.76. The highest BCUT2D eigenvalue weighted by Crippen LogP contribution is 2.16. The summed E-state index contributed by atoms with van der Waals surface area (Å²) in [4.78, 5) is 8.87. The van der Waals surface area contributed by atoms with Crippen LogP contribution in [0.15, 0.2) is 18.5 Å². The van der Waals surface area contributed by atoms with Crippen molar-refractivity contribution in [2.45, 2.75) is 6.92 Å². The average Bonchev–Trinajstić information content (AvgIpc) is 2.30. The third-order valence-corrected chi connectivity index (χ3v) is 3.01. The average molecular weight is 221 g/mol. The van der Waals surface area contributed by atoms with Crippen LogP contribution in [0.5, 0.6) is 0 Å². The Morgan fingerprint density at radius 2 is 2.00 bits per heavy atom. The molecular formula is C12H19N3O. The Kier molecular flexibility index (Phi) is 3.74. The first-order chi connectivity index (χ1) is 7.79. The molecule has 0 radical (unpaired) electrons. The number of aliphatic hydroxyl groups excluding tert-OH is 1. The number of nitrogens with zero attached hydrogens (tertiary/aromatic N) is 3. The van der Waals surface area contributed by atoms with Crippen molar-refractivity contribution in [2.24, 2.45) is 0 Å². The lowest BCUT2D eigenvalue weighted by Gasteiger charge is -2.35. The van der Waals surface area contributed by atoms with Crippen molar-refractivity contribution < 1.29 is 5.11 Å². The maximum atomic E-state index is 8.87. The molecule has 0 saturated carbocycles. The molecule has 16 heavy (non-hydrogen) atoms. The van der Waals surface area contributed by atoms with Crippen LogP contribution in [0.25, 0.3) is 0 Å². The molecule has 1 aromatic heterocycles. The number of piperazine rings is 1. The monoisotopic (exact) mass is 221 g/mol. The van der Waals surface area contributed by atoms with Gasteiger partial charge >= 0.3 is 0 Å². The second-order valence-corrected chi connectivity index (χ2v) is 4.27. The Bertz CT molecular complexity index is 335. The van der Waals surface area contributed by atoms with Crippen molar-refractivity contribution in [1.82, 2.24) is 9.88 Å². The van der Waals surface area contributed by atoms with Crippen LogP contribution < -0.4 is 4.90 Å². The van der Waals surface area contributed by atoms with Gasteiger partial charge in [0.1, 0.15) is 0 Å². The van der Waals surface area contributed by atoms with Crippen LogP contribution >= 0.6 is 0 Å². The first-order valence-electron chi connectivity index (χ1n) is 5.79. The molecule has 1 N–H and O–H groups in total. The van der Waals surface area contributed by atoms with Crippen LogP contribution in [-0.2, 0) is 0 Å². The van der Waals surface area contributed by atoms with Crippen molar-refractivity contribution >= 4 is 5.69 Å². The number of aromatic nitrogens is 1. The number of aliphatic hydroxyl groups is 1. The van der Waals surface area contributed by atoms with E-state index in [4.69, 9.17) is 5.11 Å². The lowest BCUT2D eigenvalue weighted by molar-refractivity contribution is 0.189. The topological polar surface area (TPSA) is 39.6 Å². The van der Waals surface area contributed by atoms with Gasteiger partial charge in [-0.05, 0) is 18.6 Å². The summed E-state index contributed by atoms with van der Waals surface area (Å²) in [5.41, 5.74) is 2.42. The van der Waals surface area contributed by atoms with E-state index in [0.717, 1.165) is 32.7 Å². The molecule has 0 unspecified atom stereocenters. The molecule has 4 nitrogen and oxygen atoms in total. The minimum absolute atomic E-state index is 0.256. The number of pyridine rings is 1. The molecule has 0 aromatic carbocycles. The van der Waals surface area contributed by atoms with Gasteiger partial charge in [-0.15, -0.1) is 0 Å². The van der Waals surface area contributed by atoms with Crippen molar-refractivity contribution in [3.63, 3.8) is 0 Å². The Balaban J connectivity index is 1.94. The fourth-order valence-corrected chi connectivity index (χ4v) is 2.08. The normalized spacial score (nSPS) is 17.8. The minimum atomic E-state index is 0.256. The summed E-state index contributed by atoms with van der Waals surface area (Å²) in [6.07, 6.45) is 3.81. The Morgan fingerprint density at radius 1 is 1.25 bits per heavy atom. The highest BCUT2D eigenvalue weighted by molar-refractivity contribution is 5.46. The molecule has 0 spiro atoms. The van der Waals surface area contributed by atoms with Gasteiger partial charge in [-0.2, -0.15) is 0 Å². The van der Waals surface area contributed by atoms with Crippen LogP contribution in [-0.4, -0.2) is 54.3 Å². The fraction of sp³-hybridized carbons (Fsp3) is 0.583. The van der Waals surface area contributed by atoms with Gasteiger partial charge in [0.05, 0.1) is 18.5 Å². The van der Waals surface area contributed by atoms with E-state index in [2.05, 4.69) is 27.8 Å². The number of aryl methyl sites for hydroxylation is 1. The maximum absolute atomic E-state index is 8.87. The fourth-order valence-electron chi connectivity index (χ4n) is 2.08. The number of β-amino-alcohol motifs (C(OH)–C–C–N with tert-alkyl or cyclic N) is 1. The van der Waals surface area contributed by atoms with Gasteiger partial charge in [0.15, 0.2) is 0 Å². The van der Waals surface area contributed by atoms with E-state index in [-0.39, 0.29) is 6.61 Å². The first kappa shape index (κ1) is 11.4. The highest BCUT2D eigenvalue weighted by atomic mass is 16.3. The molecule has 2 heterocycles. The largest absolute Gasteiger partial charge is 0.395 e. The lowest BCUT2D eigenvalue weighted by atomic mass is 10.2. The quantitative estimate of drug-likeness (QED) is 0.807. The zero-order chi connectivity index (χ0) is 11.4. The lowest BCUT2D eigenvalue weighted by Crippen LogP contribution is -2.47. The summed E-state index contributed by atoms with van der Waals surface area (Å²) in [7, 11) is 0. The number of rotatable bonds is 3. The van der Waals surface area contributed by atoms with Crippen LogP contribution in [0.3, 0.4) is 0 Å². The van der Waals surface area contributed by atoms with Crippen LogP contribution in [0.1, 0.15) is 5.56 Å². The molecule has 1 aliphatic rings. The number of hydrogen-bond donors (Lipinski definition) is 1. The van der Waals surface area contributed by atoms with Gasteiger partial charge in [-0.3, -0.25) is 9.88 Å².